The predicted molar refractivity (Wildman–Crippen MR) is 105 cm³/mol. The van der Waals surface area contributed by atoms with Crippen molar-refractivity contribution >= 4 is 6.92 Å². The van der Waals surface area contributed by atoms with Gasteiger partial charge in [0.15, 0.2) is 0 Å². The van der Waals surface area contributed by atoms with Gasteiger partial charge in [0, 0.05) is 5.31 Å². The Labute approximate surface area is 146 Å². The van der Waals surface area contributed by atoms with Crippen LogP contribution < -0.4 is 0 Å². The molecule has 0 saturated carbocycles. The van der Waals surface area contributed by atoms with Gasteiger partial charge in [0.2, 0.25) is 0 Å². The molecule has 0 fully saturated rings. The number of rotatable bonds is 13. The highest BCUT2D eigenvalue weighted by molar-refractivity contribution is 6.58. The molecular weight excluding hydrogens is 279 g/mol. The lowest BCUT2D eigenvalue weighted by Gasteiger charge is -2.35. The molecule has 0 bridgehead atoms. The maximum Gasteiger partial charge on any atom is 0.367 e. The number of allylic oxidation sites excluding steroid dienone is 2. The first-order chi connectivity index (χ1) is 11.2. The summed E-state index contributed by atoms with van der Waals surface area (Å²) in [4.78, 5) is 0. The molecule has 23 heavy (non-hydrogen) atoms. The second-order valence-electron chi connectivity index (χ2n) is 7.60. The summed E-state index contributed by atoms with van der Waals surface area (Å²) >= 11 is 0. The van der Waals surface area contributed by atoms with E-state index in [0.29, 0.717) is 12.2 Å². The lowest BCUT2D eigenvalue weighted by molar-refractivity contribution is 0.416. The van der Waals surface area contributed by atoms with Crippen molar-refractivity contribution in [2.45, 2.75) is 123 Å². The lowest BCUT2D eigenvalue weighted by Crippen LogP contribution is -2.32. The largest absolute Gasteiger partial charge is 0.563 e. The van der Waals surface area contributed by atoms with Crippen LogP contribution in [0, 0.1) is 0 Å². The summed E-state index contributed by atoms with van der Waals surface area (Å²) in [7, 11) is 0. The number of unbranched alkanes of at least 4 members (excludes halogenated alkanes) is 5. The molecule has 1 rings (SSSR count). The Kier molecular flexibility index (Phi) is 10.1. The van der Waals surface area contributed by atoms with E-state index >= 15 is 0 Å². The topological polar surface area (TPSA) is 9.23 Å². The fourth-order valence-corrected chi connectivity index (χ4v) is 4.38. The highest BCUT2D eigenvalue weighted by Crippen LogP contribution is 2.57. The van der Waals surface area contributed by atoms with Gasteiger partial charge in [0.1, 0.15) is 0 Å². The van der Waals surface area contributed by atoms with Crippen molar-refractivity contribution in [3.05, 3.63) is 11.3 Å². The minimum Gasteiger partial charge on any atom is -0.563 e. The Morgan fingerprint density at radius 2 is 1.35 bits per heavy atom. The third kappa shape index (κ3) is 5.57. The first-order valence-corrected chi connectivity index (χ1v) is 10.5. The van der Waals surface area contributed by atoms with Gasteiger partial charge >= 0.3 is 6.92 Å². The van der Waals surface area contributed by atoms with Crippen molar-refractivity contribution in [2.75, 3.05) is 0 Å². The van der Waals surface area contributed by atoms with Gasteiger partial charge in [-0.25, -0.2) is 0 Å². The van der Waals surface area contributed by atoms with Crippen LogP contribution in [0.3, 0.4) is 0 Å². The molecule has 134 valence electrons. The van der Waals surface area contributed by atoms with Crippen LogP contribution in [0.5, 0.6) is 0 Å². The van der Waals surface area contributed by atoms with Gasteiger partial charge in [0.25, 0.3) is 0 Å². The number of hydrogen-bond acceptors (Lipinski definition) is 1. The summed E-state index contributed by atoms with van der Waals surface area (Å²) in [5.41, 5.74) is 1.70. The van der Waals surface area contributed by atoms with E-state index in [0.717, 1.165) is 0 Å². The molecular formula is C21H41BO. The van der Waals surface area contributed by atoms with Gasteiger partial charge in [-0.1, -0.05) is 79.1 Å². The van der Waals surface area contributed by atoms with Gasteiger partial charge in [0.05, 0.1) is 5.76 Å². The molecule has 1 aliphatic rings. The fraction of sp³-hybridized carbons (Fsp3) is 0.905. The normalized spacial score (nSPS) is 17.0. The smallest absolute Gasteiger partial charge is 0.367 e. The van der Waals surface area contributed by atoms with E-state index in [1.165, 1.54) is 89.1 Å². The molecule has 1 heterocycles. The molecule has 0 radical (unpaired) electrons. The van der Waals surface area contributed by atoms with Crippen LogP contribution >= 0.6 is 0 Å². The van der Waals surface area contributed by atoms with Crippen molar-refractivity contribution < 1.29 is 4.65 Å². The predicted octanol–water partition coefficient (Wildman–Crippen LogP) is 7.78. The molecule has 0 aromatic carbocycles. The Bertz CT molecular complexity index is 340. The molecule has 1 nitrogen and oxygen atoms in total. The average Bonchev–Trinajstić information content (AvgIpc) is 2.81. The summed E-state index contributed by atoms with van der Waals surface area (Å²) in [5, 5.41) is 0.360. The molecule has 0 spiro atoms. The van der Waals surface area contributed by atoms with E-state index in [9.17, 15) is 0 Å². The fourth-order valence-electron chi connectivity index (χ4n) is 4.38. The van der Waals surface area contributed by atoms with Gasteiger partial charge in [-0.15, -0.1) is 0 Å². The van der Waals surface area contributed by atoms with Crippen LogP contribution in [0.2, 0.25) is 11.6 Å². The zero-order chi connectivity index (χ0) is 17.1. The molecule has 0 atom stereocenters. The van der Waals surface area contributed by atoms with E-state index in [-0.39, 0.29) is 0 Å². The minimum atomic E-state index is 0.360. The van der Waals surface area contributed by atoms with Crippen LogP contribution in [0.25, 0.3) is 0 Å². The van der Waals surface area contributed by atoms with Gasteiger partial charge < -0.3 is 4.65 Å². The number of hydrogen-bond donors (Lipinski definition) is 0. The molecule has 1 aliphatic heterocycles. The average molecular weight is 320 g/mol. The van der Waals surface area contributed by atoms with Crippen LogP contribution in [-0.2, 0) is 4.65 Å². The maximum absolute atomic E-state index is 6.50. The Hall–Kier alpha value is -0.395. The molecule has 0 aliphatic carbocycles. The third-order valence-corrected chi connectivity index (χ3v) is 5.76. The standard InChI is InChI=1S/C21H41BO/c1-6-10-14-15-20-19(5)23-22(18-13-9-4)21(20,16-11-7-2)17-12-8-3/h6-18H2,1-5H3. The quantitative estimate of drug-likeness (QED) is 0.248. The minimum absolute atomic E-state index is 0.360. The molecule has 0 N–H and O–H groups in total. The van der Waals surface area contributed by atoms with E-state index in [4.69, 9.17) is 4.65 Å². The zero-order valence-corrected chi connectivity index (χ0v) is 16.7. The molecule has 2 heteroatoms. The van der Waals surface area contributed by atoms with Gasteiger partial charge in [-0.3, -0.25) is 0 Å². The second kappa shape index (κ2) is 11.2. The second-order valence-corrected chi connectivity index (χ2v) is 7.60. The van der Waals surface area contributed by atoms with E-state index in [2.05, 4.69) is 34.6 Å². The lowest BCUT2D eigenvalue weighted by atomic mass is 9.39. The van der Waals surface area contributed by atoms with Crippen molar-refractivity contribution in [3.8, 4) is 0 Å². The van der Waals surface area contributed by atoms with E-state index in [1.807, 2.05) is 0 Å². The van der Waals surface area contributed by atoms with Crippen LogP contribution in [-0.4, -0.2) is 6.92 Å². The highest BCUT2D eigenvalue weighted by atomic mass is 16.4. The summed E-state index contributed by atoms with van der Waals surface area (Å²) < 4.78 is 6.50. The summed E-state index contributed by atoms with van der Waals surface area (Å²) in [6, 6.07) is 0. The van der Waals surface area contributed by atoms with Gasteiger partial charge in [-0.05, 0) is 44.5 Å². The Morgan fingerprint density at radius 3 is 1.87 bits per heavy atom. The maximum atomic E-state index is 6.50. The third-order valence-electron chi connectivity index (χ3n) is 5.76. The first-order valence-electron chi connectivity index (χ1n) is 10.5. The first kappa shape index (κ1) is 20.6. The van der Waals surface area contributed by atoms with E-state index < -0.39 is 0 Å². The summed E-state index contributed by atoms with van der Waals surface area (Å²) in [6.45, 7) is 12.0. The van der Waals surface area contributed by atoms with Crippen molar-refractivity contribution in [1.82, 2.24) is 0 Å². The highest BCUT2D eigenvalue weighted by Gasteiger charge is 2.50. The van der Waals surface area contributed by atoms with Crippen molar-refractivity contribution in [3.63, 3.8) is 0 Å². The summed E-state index contributed by atoms with van der Waals surface area (Å²) in [5.74, 6) is 1.29. The van der Waals surface area contributed by atoms with E-state index in [1.54, 1.807) is 5.57 Å². The van der Waals surface area contributed by atoms with Crippen LogP contribution in [0.1, 0.15) is 112 Å². The monoisotopic (exact) mass is 320 g/mol. The molecule has 0 saturated heterocycles. The molecule has 0 aromatic rings. The molecule has 0 amide bonds. The SMILES string of the molecule is CCCCCC1=C(C)OB(CCCC)C1(CCCC)CCCC. The van der Waals surface area contributed by atoms with Crippen molar-refractivity contribution in [1.29, 1.82) is 0 Å². The molecule has 0 aromatic heterocycles. The Balaban J connectivity index is 2.99. The van der Waals surface area contributed by atoms with Gasteiger partial charge in [-0.2, -0.15) is 0 Å². The molecule has 0 unspecified atom stereocenters. The zero-order valence-electron chi connectivity index (χ0n) is 16.7. The Morgan fingerprint density at radius 1 is 0.783 bits per heavy atom. The van der Waals surface area contributed by atoms with Crippen molar-refractivity contribution in [2.24, 2.45) is 0 Å². The van der Waals surface area contributed by atoms with Crippen LogP contribution in [0.15, 0.2) is 11.3 Å². The summed E-state index contributed by atoms with van der Waals surface area (Å²) in [6.07, 6.45) is 17.1. The van der Waals surface area contributed by atoms with Crippen LogP contribution in [0.4, 0.5) is 0 Å².